The van der Waals surface area contributed by atoms with Crippen molar-refractivity contribution in [2.75, 3.05) is 20.8 Å². The lowest BCUT2D eigenvalue weighted by atomic mass is 9.79. The molecule has 30 heavy (non-hydrogen) atoms. The van der Waals surface area contributed by atoms with Gasteiger partial charge in [0, 0.05) is 12.6 Å². The van der Waals surface area contributed by atoms with Gasteiger partial charge in [-0.25, -0.2) is 0 Å². The molecule has 1 saturated carbocycles. The van der Waals surface area contributed by atoms with E-state index in [2.05, 4.69) is 10.4 Å². The Bertz CT molecular complexity index is 987. The lowest BCUT2D eigenvalue weighted by molar-refractivity contribution is -0.148. The molecule has 160 valence electrons. The van der Waals surface area contributed by atoms with E-state index in [9.17, 15) is 19.5 Å². The maximum atomic E-state index is 12.7. The number of methoxy groups -OCH3 is 2. The third-order valence-electron chi connectivity index (χ3n) is 5.38. The lowest BCUT2D eigenvalue weighted by Crippen LogP contribution is -2.38. The van der Waals surface area contributed by atoms with Crippen LogP contribution in [0.5, 0.6) is 11.5 Å². The van der Waals surface area contributed by atoms with Gasteiger partial charge in [0.25, 0.3) is 11.5 Å². The van der Waals surface area contributed by atoms with Crippen LogP contribution < -0.4 is 15.6 Å². The average molecular weight is 415 g/mol. The van der Waals surface area contributed by atoms with Crippen molar-refractivity contribution in [1.29, 1.82) is 0 Å². The zero-order chi connectivity index (χ0) is 21.7. The number of nitrogens with zero attached hydrogens (tertiary/aromatic N) is 2. The first-order valence-electron chi connectivity index (χ1n) is 9.79. The van der Waals surface area contributed by atoms with Crippen LogP contribution in [-0.2, 0) is 9.53 Å². The van der Waals surface area contributed by atoms with E-state index in [1.54, 1.807) is 24.3 Å². The molecule has 2 N–H and O–H groups in total. The van der Waals surface area contributed by atoms with Gasteiger partial charge in [-0.2, -0.15) is 9.78 Å². The van der Waals surface area contributed by atoms with E-state index in [-0.39, 0.29) is 30.0 Å². The van der Waals surface area contributed by atoms with Gasteiger partial charge in [0.1, 0.15) is 11.4 Å². The Hall–Kier alpha value is -3.36. The van der Waals surface area contributed by atoms with Crippen molar-refractivity contribution in [3.63, 3.8) is 0 Å². The highest BCUT2D eigenvalue weighted by atomic mass is 16.5. The van der Waals surface area contributed by atoms with Crippen LogP contribution in [0.2, 0.25) is 0 Å². The number of nitrogens with one attached hydrogen (secondary N) is 1. The van der Waals surface area contributed by atoms with Gasteiger partial charge in [-0.3, -0.25) is 14.4 Å². The second-order valence-electron chi connectivity index (χ2n) is 7.18. The van der Waals surface area contributed by atoms with Gasteiger partial charge in [-0.1, -0.05) is 25.0 Å². The van der Waals surface area contributed by atoms with Crippen molar-refractivity contribution in [1.82, 2.24) is 15.1 Å². The van der Waals surface area contributed by atoms with Crippen LogP contribution in [0, 0.1) is 11.8 Å². The molecule has 1 aromatic heterocycles. The van der Waals surface area contributed by atoms with Crippen molar-refractivity contribution in [3.05, 3.63) is 46.4 Å². The predicted octanol–water partition coefficient (Wildman–Crippen LogP) is 1.66. The summed E-state index contributed by atoms with van der Waals surface area (Å²) in [6.45, 7) is 0.244. The summed E-state index contributed by atoms with van der Waals surface area (Å²) < 4.78 is 11.1. The van der Waals surface area contributed by atoms with Gasteiger partial charge in [0.15, 0.2) is 11.4 Å². The summed E-state index contributed by atoms with van der Waals surface area (Å²) in [6.07, 6.45) is 3.42. The fourth-order valence-electron chi connectivity index (χ4n) is 3.81. The quantitative estimate of drug-likeness (QED) is 0.689. The number of benzene rings is 1. The summed E-state index contributed by atoms with van der Waals surface area (Å²) in [5.74, 6) is -1.36. The van der Waals surface area contributed by atoms with Crippen LogP contribution >= 0.6 is 0 Å². The van der Waals surface area contributed by atoms with Gasteiger partial charge in [0.2, 0.25) is 0 Å². The zero-order valence-electron chi connectivity index (χ0n) is 17.0. The first kappa shape index (κ1) is 21.4. The predicted molar refractivity (Wildman–Crippen MR) is 108 cm³/mol. The van der Waals surface area contributed by atoms with Crippen LogP contribution in [0.25, 0.3) is 5.69 Å². The van der Waals surface area contributed by atoms with Crippen molar-refractivity contribution < 1.29 is 24.2 Å². The van der Waals surface area contributed by atoms with Gasteiger partial charge in [-0.05, 0) is 30.9 Å². The minimum atomic E-state index is -0.634. The minimum Gasteiger partial charge on any atom is -0.505 e. The van der Waals surface area contributed by atoms with Gasteiger partial charge in [-0.15, -0.1) is 0 Å². The van der Waals surface area contributed by atoms with Gasteiger partial charge in [0.05, 0.1) is 20.1 Å². The van der Waals surface area contributed by atoms with Crippen LogP contribution in [0.15, 0.2) is 35.1 Å². The molecule has 1 amide bonds. The molecule has 9 heteroatoms. The maximum absolute atomic E-state index is 12.7. The van der Waals surface area contributed by atoms with Crippen LogP contribution in [0.1, 0.15) is 36.2 Å². The van der Waals surface area contributed by atoms with E-state index in [0.717, 1.165) is 36.4 Å². The van der Waals surface area contributed by atoms with E-state index in [4.69, 9.17) is 9.47 Å². The summed E-state index contributed by atoms with van der Waals surface area (Å²) >= 11 is 0. The lowest BCUT2D eigenvalue weighted by Gasteiger charge is -2.29. The second kappa shape index (κ2) is 9.43. The van der Waals surface area contributed by atoms with Crippen molar-refractivity contribution in [3.8, 4) is 17.2 Å². The normalized spacial score (nSPS) is 18.5. The fourth-order valence-corrected chi connectivity index (χ4v) is 3.81. The summed E-state index contributed by atoms with van der Waals surface area (Å²) in [5, 5.41) is 16.9. The average Bonchev–Trinajstić information content (AvgIpc) is 2.77. The summed E-state index contributed by atoms with van der Waals surface area (Å²) in [7, 11) is 2.81. The highest BCUT2D eigenvalue weighted by Crippen LogP contribution is 2.30. The molecule has 2 atom stereocenters. The van der Waals surface area contributed by atoms with E-state index < -0.39 is 17.2 Å². The number of hydrogen-bond acceptors (Lipinski definition) is 7. The number of aromatic hydroxyl groups is 1. The Balaban J connectivity index is 1.82. The molecular formula is C21H25N3O6. The van der Waals surface area contributed by atoms with Crippen LogP contribution in [-0.4, -0.2) is 47.5 Å². The maximum Gasteiger partial charge on any atom is 0.309 e. The minimum absolute atomic E-state index is 0.0579. The highest BCUT2D eigenvalue weighted by Gasteiger charge is 2.32. The standard InChI is InChI=1S/C21H25N3O6/c1-29-17-10-6-5-9-15(17)24-18(26)11-16(25)19(23-24)20(27)22-12-13-7-3-4-8-14(13)21(28)30-2/h5-6,9-11,13-14,25H,3-4,7-8,12H2,1-2H3,(H,22,27). The smallest absolute Gasteiger partial charge is 0.309 e. The molecule has 1 aliphatic rings. The van der Waals surface area contributed by atoms with Crippen LogP contribution in [0.3, 0.4) is 0 Å². The first-order chi connectivity index (χ1) is 14.5. The number of carbonyl (C=O) groups is 2. The third kappa shape index (κ3) is 4.45. The third-order valence-corrected chi connectivity index (χ3v) is 5.38. The SMILES string of the molecule is COC(=O)C1CCCCC1CNC(=O)c1nn(-c2ccccc2OC)c(=O)cc1O. The number of aromatic nitrogens is 2. The van der Waals surface area contributed by atoms with Crippen LogP contribution in [0.4, 0.5) is 0 Å². The van der Waals surface area contributed by atoms with Gasteiger partial charge < -0.3 is 19.9 Å². The fraction of sp³-hybridized carbons (Fsp3) is 0.429. The molecule has 2 unspecified atom stereocenters. The summed E-state index contributed by atoms with van der Waals surface area (Å²) in [6, 6.07) is 7.66. The number of rotatable bonds is 6. The van der Waals surface area contributed by atoms with Crippen molar-refractivity contribution in [2.24, 2.45) is 11.8 Å². The monoisotopic (exact) mass is 415 g/mol. The number of amides is 1. The number of esters is 1. The molecule has 1 aromatic carbocycles. The number of ether oxygens (including phenoxy) is 2. The molecule has 0 saturated heterocycles. The molecule has 0 radical (unpaired) electrons. The molecule has 2 aromatic rings. The zero-order valence-corrected chi connectivity index (χ0v) is 17.0. The highest BCUT2D eigenvalue weighted by molar-refractivity contribution is 5.94. The molecule has 0 spiro atoms. The second-order valence-corrected chi connectivity index (χ2v) is 7.18. The molecule has 1 fully saturated rings. The molecule has 1 heterocycles. The molecule has 3 rings (SSSR count). The van der Waals surface area contributed by atoms with E-state index in [0.29, 0.717) is 11.4 Å². The Labute approximate surface area is 173 Å². The Kier molecular flexibility index (Phi) is 6.71. The Morgan fingerprint density at radius 2 is 1.97 bits per heavy atom. The van der Waals surface area contributed by atoms with E-state index in [1.807, 2.05) is 0 Å². The summed E-state index contributed by atoms with van der Waals surface area (Å²) in [4.78, 5) is 37.1. The Morgan fingerprint density at radius 1 is 1.23 bits per heavy atom. The first-order valence-corrected chi connectivity index (χ1v) is 9.79. The van der Waals surface area contributed by atoms with Gasteiger partial charge >= 0.3 is 5.97 Å². The topological polar surface area (TPSA) is 120 Å². The molecule has 1 aliphatic carbocycles. The molecule has 0 aliphatic heterocycles. The molecule has 0 bridgehead atoms. The summed E-state index contributed by atoms with van der Waals surface area (Å²) in [5.41, 5.74) is -0.547. The Morgan fingerprint density at radius 3 is 2.70 bits per heavy atom. The van der Waals surface area contributed by atoms with Crippen molar-refractivity contribution >= 4 is 11.9 Å². The number of hydrogen-bond donors (Lipinski definition) is 2. The molecule has 9 nitrogen and oxygen atoms in total. The molecular weight excluding hydrogens is 390 g/mol. The van der Waals surface area contributed by atoms with E-state index >= 15 is 0 Å². The number of para-hydroxylation sites is 2. The largest absolute Gasteiger partial charge is 0.505 e. The van der Waals surface area contributed by atoms with Crippen molar-refractivity contribution in [2.45, 2.75) is 25.7 Å². The van der Waals surface area contributed by atoms with E-state index in [1.165, 1.54) is 14.2 Å². The number of carbonyl (C=O) groups excluding carboxylic acids is 2.